The van der Waals surface area contributed by atoms with Crippen LogP contribution < -0.4 is 10.6 Å². The van der Waals surface area contributed by atoms with Crippen molar-refractivity contribution in [3.05, 3.63) is 70.9 Å². The number of nitrogens with zero attached hydrogens (tertiary/aromatic N) is 2. The Morgan fingerprint density at radius 1 is 1.08 bits per heavy atom. The molecule has 0 atom stereocenters. The number of hydrogen-bond acceptors (Lipinski definition) is 5. The second-order valence-corrected chi connectivity index (χ2v) is 5.76. The number of carboxylic acids is 1. The first kappa shape index (κ1) is 16.7. The van der Waals surface area contributed by atoms with Crippen LogP contribution in [0.2, 0.25) is 5.02 Å². The van der Waals surface area contributed by atoms with Crippen LogP contribution >= 0.6 is 11.6 Å². The minimum absolute atomic E-state index is 0.160. The number of carbonyl (C=O) groups is 1. The number of halogens is 1. The molecule has 0 fully saturated rings. The maximum atomic E-state index is 11.4. The molecule has 0 radical (unpaired) electrons. The second kappa shape index (κ2) is 7.19. The van der Waals surface area contributed by atoms with Gasteiger partial charge in [0.1, 0.15) is 5.82 Å². The molecule has 126 valence electrons. The molecule has 6 nitrogen and oxygen atoms in total. The monoisotopic (exact) mass is 354 g/mol. The molecule has 0 aliphatic heterocycles. The van der Waals surface area contributed by atoms with E-state index in [1.54, 1.807) is 30.5 Å². The van der Waals surface area contributed by atoms with Crippen molar-refractivity contribution in [3.63, 3.8) is 0 Å². The number of aromatic carboxylic acids is 1. The lowest BCUT2D eigenvalue weighted by Gasteiger charge is -2.11. The molecule has 0 amide bonds. The van der Waals surface area contributed by atoms with Crippen molar-refractivity contribution in [1.82, 2.24) is 9.97 Å². The van der Waals surface area contributed by atoms with E-state index in [0.717, 1.165) is 11.3 Å². The topological polar surface area (TPSA) is 87.1 Å². The summed E-state index contributed by atoms with van der Waals surface area (Å²) in [6.07, 6.45) is 1.57. The van der Waals surface area contributed by atoms with E-state index in [2.05, 4.69) is 20.6 Å². The van der Waals surface area contributed by atoms with E-state index in [4.69, 9.17) is 11.6 Å². The van der Waals surface area contributed by atoms with E-state index in [1.165, 1.54) is 0 Å². The van der Waals surface area contributed by atoms with Gasteiger partial charge in [-0.15, -0.1) is 0 Å². The third kappa shape index (κ3) is 4.05. The zero-order chi connectivity index (χ0) is 17.8. The summed E-state index contributed by atoms with van der Waals surface area (Å²) in [4.78, 5) is 19.9. The van der Waals surface area contributed by atoms with Gasteiger partial charge in [0, 0.05) is 6.20 Å². The Bertz CT molecular complexity index is 930. The summed E-state index contributed by atoms with van der Waals surface area (Å²) in [6, 6.07) is 14.1. The molecule has 3 N–H and O–H groups in total. The third-order valence-electron chi connectivity index (χ3n) is 3.44. The van der Waals surface area contributed by atoms with E-state index in [1.807, 2.05) is 31.2 Å². The van der Waals surface area contributed by atoms with Crippen molar-refractivity contribution in [2.45, 2.75) is 6.92 Å². The summed E-state index contributed by atoms with van der Waals surface area (Å²) in [5, 5.41) is 16.0. The van der Waals surface area contributed by atoms with Gasteiger partial charge >= 0.3 is 5.97 Å². The molecule has 2 aromatic carbocycles. The molecule has 0 aliphatic rings. The number of aryl methyl sites for hydroxylation is 1. The average Bonchev–Trinajstić information content (AvgIpc) is 2.59. The standard InChI is InChI=1S/C18H15ClN4O2/c1-11-6-7-14(12(10-11)17(24)25)22-18-20-9-8-16(23-18)21-15-5-3-2-4-13(15)19/h2-10H,1H3,(H,24,25)(H2,20,21,22,23). The van der Waals surface area contributed by atoms with Crippen LogP contribution in [0, 0.1) is 6.92 Å². The van der Waals surface area contributed by atoms with Crippen molar-refractivity contribution in [2.75, 3.05) is 10.6 Å². The lowest BCUT2D eigenvalue weighted by molar-refractivity contribution is 0.0698. The van der Waals surface area contributed by atoms with Gasteiger partial charge in [-0.3, -0.25) is 0 Å². The van der Waals surface area contributed by atoms with Crippen LogP contribution in [0.5, 0.6) is 0 Å². The van der Waals surface area contributed by atoms with Gasteiger partial charge in [-0.1, -0.05) is 35.4 Å². The van der Waals surface area contributed by atoms with Crippen LogP contribution in [0.1, 0.15) is 15.9 Å². The van der Waals surface area contributed by atoms with Crippen LogP contribution in [-0.4, -0.2) is 21.0 Å². The molecule has 3 aromatic rings. The van der Waals surface area contributed by atoms with Crippen molar-refractivity contribution in [2.24, 2.45) is 0 Å². The predicted molar refractivity (Wildman–Crippen MR) is 98.2 cm³/mol. The van der Waals surface area contributed by atoms with Gasteiger partial charge in [0.15, 0.2) is 0 Å². The molecule has 1 aromatic heterocycles. The number of rotatable bonds is 5. The van der Waals surface area contributed by atoms with Gasteiger partial charge in [0.05, 0.1) is 22.0 Å². The highest BCUT2D eigenvalue weighted by molar-refractivity contribution is 6.33. The lowest BCUT2D eigenvalue weighted by atomic mass is 10.1. The molecule has 3 rings (SSSR count). The number of hydrogen-bond donors (Lipinski definition) is 3. The summed E-state index contributed by atoms with van der Waals surface area (Å²) in [6.45, 7) is 1.83. The summed E-state index contributed by atoms with van der Waals surface area (Å²) >= 11 is 6.13. The van der Waals surface area contributed by atoms with E-state index in [9.17, 15) is 9.90 Å². The van der Waals surface area contributed by atoms with Crippen molar-refractivity contribution in [3.8, 4) is 0 Å². The van der Waals surface area contributed by atoms with E-state index in [0.29, 0.717) is 16.5 Å². The number of nitrogens with one attached hydrogen (secondary N) is 2. The molecule has 7 heteroatoms. The van der Waals surface area contributed by atoms with Crippen molar-refractivity contribution in [1.29, 1.82) is 0 Å². The normalized spacial score (nSPS) is 10.3. The zero-order valence-electron chi connectivity index (χ0n) is 13.3. The van der Waals surface area contributed by atoms with Crippen LogP contribution in [0.3, 0.4) is 0 Å². The molecule has 25 heavy (non-hydrogen) atoms. The quantitative estimate of drug-likeness (QED) is 0.619. The van der Waals surface area contributed by atoms with Gasteiger partial charge in [0.25, 0.3) is 0 Å². The highest BCUT2D eigenvalue weighted by Crippen LogP contribution is 2.25. The number of para-hydroxylation sites is 1. The van der Waals surface area contributed by atoms with E-state index >= 15 is 0 Å². The van der Waals surface area contributed by atoms with Gasteiger partial charge in [-0.05, 0) is 37.3 Å². The highest BCUT2D eigenvalue weighted by Gasteiger charge is 2.11. The molecule has 0 saturated heterocycles. The van der Waals surface area contributed by atoms with Crippen LogP contribution in [0.15, 0.2) is 54.7 Å². The fraction of sp³-hybridized carbons (Fsp3) is 0.0556. The molecule has 1 heterocycles. The zero-order valence-corrected chi connectivity index (χ0v) is 14.1. The number of benzene rings is 2. The van der Waals surface area contributed by atoms with E-state index < -0.39 is 5.97 Å². The average molecular weight is 355 g/mol. The SMILES string of the molecule is Cc1ccc(Nc2nccc(Nc3ccccc3Cl)n2)c(C(=O)O)c1. The largest absolute Gasteiger partial charge is 0.478 e. The predicted octanol–water partition coefficient (Wildman–Crippen LogP) is 4.62. The number of carboxylic acid groups (broad SMARTS) is 1. The second-order valence-electron chi connectivity index (χ2n) is 5.35. The Kier molecular flexibility index (Phi) is 4.81. The molecule has 0 bridgehead atoms. The van der Waals surface area contributed by atoms with Crippen molar-refractivity contribution < 1.29 is 9.90 Å². The Hall–Kier alpha value is -3.12. The van der Waals surface area contributed by atoms with Crippen molar-refractivity contribution >= 4 is 40.7 Å². The molecule has 0 unspecified atom stereocenters. The molecule has 0 saturated carbocycles. The van der Waals surface area contributed by atoms with Gasteiger partial charge in [-0.25, -0.2) is 9.78 Å². The summed E-state index contributed by atoms with van der Waals surface area (Å²) < 4.78 is 0. The lowest BCUT2D eigenvalue weighted by Crippen LogP contribution is -2.06. The van der Waals surface area contributed by atoms with Gasteiger partial charge < -0.3 is 15.7 Å². The minimum Gasteiger partial charge on any atom is -0.478 e. The molecule has 0 spiro atoms. The molecular formula is C18H15ClN4O2. The Labute approximate surface area is 149 Å². The summed E-state index contributed by atoms with van der Waals surface area (Å²) in [5.41, 5.74) is 2.16. The summed E-state index contributed by atoms with van der Waals surface area (Å²) in [7, 11) is 0. The van der Waals surface area contributed by atoms with E-state index in [-0.39, 0.29) is 11.5 Å². The fourth-order valence-corrected chi connectivity index (χ4v) is 2.44. The fourth-order valence-electron chi connectivity index (χ4n) is 2.25. The maximum absolute atomic E-state index is 11.4. The Morgan fingerprint density at radius 3 is 2.64 bits per heavy atom. The Balaban J connectivity index is 1.86. The highest BCUT2D eigenvalue weighted by atomic mass is 35.5. The summed E-state index contributed by atoms with van der Waals surface area (Å²) in [5.74, 6) is -0.199. The van der Waals surface area contributed by atoms with Crippen LogP contribution in [0.4, 0.5) is 23.1 Å². The Morgan fingerprint density at radius 2 is 1.88 bits per heavy atom. The van der Waals surface area contributed by atoms with Gasteiger partial charge in [-0.2, -0.15) is 4.98 Å². The first-order chi connectivity index (χ1) is 12.0. The maximum Gasteiger partial charge on any atom is 0.337 e. The number of anilines is 4. The van der Waals surface area contributed by atoms with Crippen LogP contribution in [0.25, 0.3) is 0 Å². The third-order valence-corrected chi connectivity index (χ3v) is 3.77. The molecule has 0 aliphatic carbocycles. The van der Waals surface area contributed by atoms with Gasteiger partial charge in [0.2, 0.25) is 5.95 Å². The van der Waals surface area contributed by atoms with Crippen LogP contribution in [-0.2, 0) is 0 Å². The number of aromatic nitrogens is 2. The molecular weight excluding hydrogens is 340 g/mol. The first-order valence-electron chi connectivity index (χ1n) is 7.48. The minimum atomic E-state index is -1.02. The smallest absolute Gasteiger partial charge is 0.337 e. The first-order valence-corrected chi connectivity index (χ1v) is 7.86.